The normalized spacial score (nSPS) is 14.7. The number of nitrogens with zero attached hydrogens (tertiary/aromatic N) is 4. The maximum absolute atomic E-state index is 12.2. The Morgan fingerprint density at radius 3 is 2.32 bits per heavy atom. The van der Waals surface area contributed by atoms with Crippen molar-refractivity contribution in [1.82, 2.24) is 9.88 Å². The fourth-order valence-corrected chi connectivity index (χ4v) is 3.13. The Morgan fingerprint density at radius 2 is 1.75 bits per heavy atom. The highest BCUT2D eigenvalue weighted by Crippen LogP contribution is 2.36. The molecule has 0 spiro atoms. The summed E-state index contributed by atoms with van der Waals surface area (Å²) in [5, 5.41) is 11.8. The van der Waals surface area contributed by atoms with Gasteiger partial charge in [-0.1, -0.05) is 30.3 Å². The van der Waals surface area contributed by atoms with Gasteiger partial charge in [-0.15, -0.1) is 0 Å². The molecular weight excluding hydrogens is 360 g/mol. The van der Waals surface area contributed by atoms with Gasteiger partial charge in [0.25, 0.3) is 0 Å². The Balaban J connectivity index is 1.82. The number of pyridine rings is 1. The van der Waals surface area contributed by atoms with Crippen molar-refractivity contribution in [2.45, 2.75) is 26.4 Å². The molecule has 1 aliphatic heterocycles. The number of carbonyl (C=O) groups excluding carboxylic acids is 1. The Labute approximate surface area is 163 Å². The zero-order valence-electron chi connectivity index (χ0n) is 16.3. The molecule has 1 fully saturated rings. The summed E-state index contributed by atoms with van der Waals surface area (Å²) in [5.74, 6) is 0.329. The fraction of sp³-hybridized carbons (Fsp3) is 0.400. The lowest BCUT2D eigenvalue weighted by molar-refractivity contribution is -0.383. The number of aromatic nitrogens is 1. The van der Waals surface area contributed by atoms with Crippen LogP contribution in [-0.2, 0) is 4.74 Å². The molecular formula is C20H24N4O4. The van der Waals surface area contributed by atoms with Gasteiger partial charge in [-0.3, -0.25) is 10.1 Å². The van der Waals surface area contributed by atoms with E-state index in [0.717, 1.165) is 5.56 Å². The van der Waals surface area contributed by atoms with Crippen LogP contribution < -0.4 is 4.90 Å². The summed E-state index contributed by atoms with van der Waals surface area (Å²) in [6.07, 6.45) is 1.22. The molecule has 28 heavy (non-hydrogen) atoms. The maximum atomic E-state index is 12.2. The molecule has 0 bridgehead atoms. The van der Waals surface area contributed by atoms with Gasteiger partial charge < -0.3 is 14.5 Å². The lowest BCUT2D eigenvalue weighted by Crippen LogP contribution is -2.50. The van der Waals surface area contributed by atoms with E-state index >= 15 is 0 Å². The lowest BCUT2D eigenvalue weighted by Gasteiger charge is -2.36. The number of hydrogen-bond acceptors (Lipinski definition) is 6. The molecule has 8 heteroatoms. The SMILES string of the molecule is CC(C)(C)OC(=O)N1CCN(c2nccc(-c3ccccc3)c2[N+](=O)[O-])CC1. The minimum absolute atomic E-state index is 0.0144. The van der Waals surface area contributed by atoms with Crippen molar-refractivity contribution < 1.29 is 14.5 Å². The Bertz CT molecular complexity index is 856. The van der Waals surface area contributed by atoms with Gasteiger partial charge in [0.2, 0.25) is 5.82 Å². The zero-order valence-corrected chi connectivity index (χ0v) is 16.3. The van der Waals surface area contributed by atoms with E-state index in [2.05, 4.69) is 4.98 Å². The lowest BCUT2D eigenvalue weighted by atomic mass is 10.0. The largest absolute Gasteiger partial charge is 0.444 e. The van der Waals surface area contributed by atoms with Gasteiger partial charge in [0.15, 0.2) is 0 Å². The summed E-state index contributed by atoms with van der Waals surface area (Å²) in [6, 6.07) is 10.9. The van der Waals surface area contributed by atoms with Crippen molar-refractivity contribution in [2.24, 2.45) is 0 Å². The molecule has 0 radical (unpaired) electrons. The number of ether oxygens (including phenoxy) is 1. The first kappa shape index (κ1) is 19.6. The van der Waals surface area contributed by atoms with E-state index in [-0.39, 0.29) is 16.7 Å². The quantitative estimate of drug-likeness (QED) is 0.592. The number of benzene rings is 1. The molecule has 0 saturated carbocycles. The second kappa shape index (κ2) is 7.84. The van der Waals surface area contributed by atoms with Gasteiger partial charge in [-0.25, -0.2) is 9.78 Å². The van der Waals surface area contributed by atoms with Crippen LogP contribution in [0.3, 0.4) is 0 Å². The molecule has 8 nitrogen and oxygen atoms in total. The molecule has 148 valence electrons. The van der Waals surface area contributed by atoms with Crippen molar-refractivity contribution >= 4 is 17.6 Å². The first-order valence-electron chi connectivity index (χ1n) is 9.18. The average Bonchev–Trinajstić information content (AvgIpc) is 2.67. The van der Waals surface area contributed by atoms with Crippen LogP contribution in [0.4, 0.5) is 16.3 Å². The van der Waals surface area contributed by atoms with Crippen LogP contribution in [0.25, 0.3) is 11.1 Å². The highest BCUT2D eigenvalue weighted by Gasteiger charge is 2.31. The Kier molecular flexibility index (Phi) is 5.48. The number of nitro groups is 1. The van der Waals surface area contributed by atoms with Crippen molar-refractivity contribution in [3.8, 4) is 11.1 Å². The number of amides is 1. The molecule has 0 unspecified atom stereocenters. The third-order valence-electron chi connectivity index (χ3n) is 4.40. The summed E-state index contributed by atoms with van der Waals surface area (Å²) in [7, 11) is 0. The van der Waals surface area contributed by atoms with Gasteiger partial charge in [0.05, 0.1) is 10.5 Å². The third-order valence-corrected chi connectivity index (χ3v) is 4.40. The standard InChI is InChI=1S/C20H24N4O4/c1-20(2,3)28-19(25)23-13-11-22(12-14-23)18-17(24(26)27)16(9-10-21-18)15-7-5-4-6-8-15/h4-10H,11-14H2,1-3H3. The summed E-state index contributed by atoms with van der Waals surface area (Å²) in [5.41, 5.74) is 0.730. The summed E-state index contributed by atoms with van der Waals surface area (Å²) >= 11 is 0. The molecule has 0 aliphatic carbocycles. The monoisotopic (exact) mass is 384 g/mol. The first-order valence-corrected chi connectivity index (χ1v) is 9.18. The molecule has 1 aliphatic rings. The highest BCUT2D eigenvalue weighted by molar-refractivity contribution is 5.80. The molecule has 1 saturated heterocycles. The number of hydrogen-bond donors (Lipinski definition) is 0. The molecule has 1 amide bonds. The van der Waals surface area contributed by atoms with Gasteiger partial charge in [-0.05, 0) is 32.4 Å². The Morgan fingerprint density at radius 1 is 1.11 bits per heavy atom. The van der Waals surface area contributed by atoms with E-state index in [1.165, 1.54) is 0 Å². The molecule has 0 N–H and O–H groups in total. The summed E-state index contributed by atoms with van der Waals surface area (Å²) < 4.78 is 5.40. The van der Waals surface area contributed by atoms with Gasteiger partial charge in [0.1, 0.15) is 5.60 Å². The third kappa shape index (κ3) is 4.39. The highest BCUT2D eigenvalue weighted by atomic mass is 16.6. The van der Waals surface area contributed by atoms with E-state index in [9.17, 15) is 14.9 Å². The van der Waals surface area contributed by atoms with E-state index < -0.39 is 5.60 Å². The fourth-order valence-electron chi connectivity index (χ4n) is 3.13. The van der Waals surface area contributed by atoms with Crippen molar-refractivity contribution in [3.05, 3.63) is 52.7 Å². The predicted octanol–water partition coefficient (Wildman–Crippen LogP) is 3.71. The zero-order chi connectivity index (χ0) is 20.3. The summed E-state index contributed by atoms with van der Waals surface area (Å²) in [6.45, 7) is 7.21. The van der Waals surface area contributed by atoms with E-state index in [1.807, 2.05) is 56.0 Å². The van der Waals surface area contributed by atoms with Crippen LogP contribution >= 0.6 is 0 Å². The second-order valence-corrected chi connectivity index (χ2v) is 7.61. The molecule has 0 atom stereocenters. The van der Waals surface area contributed by atoms with Crippen LogP contribution in [0.1, 0.15) is 20.8 Å². The van der Waals surface area contributed by atoms with E-state index in [1.54, 1.807) is 17.2 Å². The second-order valence-electron chi connectivity index (χ2n) is 7.61. The molecule has 3 rings (SSSR count). The minimum atomic E-state index is -0.557. The topological polar surface area (TPSA) is 88.8 Å². The van der Waals surface area contributed by atoms with Crippen LogP contribution in [-0.4, -0.2) is 52.7 Å². The molecule has 2 aromatic rings. The van der Waals surface area contributed by atoms with Gasteiger partial charge in [0, 0.05) is 32.4 Å². The van der Waals surface area contributed by atoms with Crippen LogP contribution in [0, 0.1) is 10.1 Å². The van der Waals surface area contributed by atoms with Crippen LogP contribution in [0.15, 0.2) is 42.6 Å². The van der Waals surface area contributed by atoms with Crippen LogP contribution in [0.2, 0.25) is 0 Å². The average molecular weight is 384 g/mol. The minimum Gasteiger partial charge on any atom is -0.444 e. The summed E-state index contributed by atoms with van der Waals surface area (Å²) in [4.78, 5) is 31.5. The van der Waals surface area contributed by atoms with E-state index in [0.29, 0.717) is 37.6 Å². The number of rotatable bonds is 3. The maximum Gasteiger partial charge on any atom is 0.410 e. The number of piperazine rings is 1. The van der Waals surface area contributed by atoms with Gasteiger partial charge >= 0.3 is 11.8 Å². The van der Waals surface area contributed by atoms with Gasteiger partial charge in [-0.2, -0.15) is 0 Å². The molecule has 1 aromatic carbocycles. The Hall–Kier alpha value is -3.16. The van der Waals surface area contributed by atoms with Crippen molar-refractivity contribution in [1.29, 1.82) is 0 Å². The smallest absolute Gasteiger partial charge is 0.410 e. The predicted molar refractivity (Wildman–Crippen MR) is 106 cm³/mol. The van der Waals surface area contributed by atoms with Crippen molar-refractivity contribution in [2.75, 3.05) is 31.1 Å². The molecule has 2 heterocycles. The van der Waals surface area contributed by atoms with Crippen molar-refractivity contribution in [3.63, 3.8) is 0 Å². The molecule has 1 aromatic heterocycles. The first-order chi connectivity index (χ1) is 13.3. The number of carbonyl (C=O) groups is 1. The number of anilines is 1. The van der Waals surface area contributed by atoms with Crippen LogP contribution in [0.5, 0.6) is 0 Å². The van der Waals surface area contributed by atoms with E-state index in [4.69, 9.17) is 4.74 Å².